The molecular formula is C17H18FNO4. The molecule has 0 saturated carbocycles. The molecule has 0 aliphatic rings. The first-order valence-electron chi connectivity index (χ1n) is 7.18. The van der Waals surface area contributed by atoms with Gasteiger partial charge in [-0.2, -0.15) is 0 Å². The summed E-state index contributed by atoms with van der Waals surface area (Å²) < 4.78 is 18.9. The number of carbonyl (C=O) groups is 2. The maximum absolute atomic E-state index is 13.5. The van der Waals surface area contributed by atoms with Gasteiger partial charge in [0.2, 0.25) is 5.91 Å². The van der Waals surface area contributed by atoms with Crippen LogP contribution in [0.4, 0.5) is 4.39 Å². The molecule has 0 saturated heterocycles. The molecule has 0 unspecified atom stereocenters. The van der Waals surface area contributed by atoms with Gasteiger partial charge in [0, 0.05) is 13.5 Å². The van der Waals surface area contributed by atoms with Gasteiger partial charge in [0.15, 0.2) is 0 Å². The second-order valence-corrected chi connectivity index (χ2v) is 5.33. The van der Waals surface area contributed by atoms with Gasteiger partial charge in [-0.05, 0) is 31.0 Å². The first kappa shape index (κ1) is 16.7. The van der Waals surface area contributed by atoms with Crippen LogP contribution in [0.3, 0.4) is 0 Å². The number of rotatable bonds is 6. The van der Waals surface area contributed by atoms with Crippen molar-refractivity contribution in [2.45, 2.75) is 26.3 Å². The number of halogens is 1. The summed E-state index contributed by atoms with van der Waals surface area (Å²) >= 11 is 0. The van der Waals surface area contributed by atoms with E-state index >= 15 is 0 Å². The number of hydrogen-bond acceptors (Lipinski definition) is 3. The van der Waals surface area contributed by atoms with Crippen molar-refractivity contribution in [2.24, 2.45) is 0 Å². The molecule has 1 amide bonds. The molecule has 1 aromatic carbocycles. The lowest BCUT2D eigenvalue weighted by Gasteiger charge is -2.15. The molecule has 1 aromatic heterocycles. The molecule has 6 heteroatoms. The predicted octanol–water partition coefficient (Wildman–Crippen LogP) is 3.02. The van der Waals surface area contributed by atoms with Gasteiger partial charge in [0.25, 0.3) is 0 Å². The van der Waals surface area contributed by atoms with Crippen molar-refractivity contribution in [3.63, 3.8) is 0 Å². The summed E-state index contributed by atoms with van der Waals surface area (Å²) in [6.07, 6.45) is 0.482. The molecule has 2 rings (SSSR count). The van der Waals surface area contributed by atoms with E-state index in [0.717, 1.165) is 0 Å². The number of aryl methyl sites for hydroxylation is 2. The quantitative estimate of drug-likeness (QED) is 0.888. The minimum Gasteiger partial charge on any atom is -0.478 e. The molecule has 122 valence electrons. The van der Waals surface area contributed by atoms with E-state index in [1.165, 1.54) is 17.0 Å². The van der Waals surface area contributed by atoms with E-state index in [9.17, 15) is 14.0 Å². The fraction of sp³-hybridized carbons (Fsp3) is 0.294. The molecule has 0 spiro atoms. The highest BCUT2D eigenvalue weighted by molar-refractivity contribution is 5.88. The smallest absolute Gasteiger partial charge is 0.339 e. The standard InChI is InChI=1S/C17H18FNO4/c1-11-14(17(21)22)9-13(23-11)10-19(2)16(20)8-7-12-5-3-4-6-15(12)18/h3-6,9H,7-8,10H2,1-2H3,(H,21,22). The maximum Gasteiger partial charge on any atom is 0.339 e. The normalized spacial score (nSPS) is 10.6. The summed E-state index contributed by atoms with van der Waals surface area (Å²) in [4.78, 5) is 24.5. The Morgan fingerprint density at radius 3 is 2.61 bits per heavy atom. The van der Waals surface area contributed by atoms with Gasteiger partial charge in [-0.25, -0.2) is 9.18 Å². The monoisotopic (exact) mass is 319 g/mol. The number of carboxylic acid groups (broad SMARTS) is 1. The van der Waals surface area contributed by atoms with Crippen molar-refractivity contribution in [3.8, 4) is 0 Å². The maximum atomic E-state index is 13.5. The highest BCUT2D eigenvalue weighted by atomic mass is 19.1. The van der Waals surface area contributed by atoms with Crippen LogP contribution >= 0.6 is 0 Å². The van der Waals surface area contributed by atoms with Gasteiger partial charge < -0.3 is 14.4 Å². The summed E-state index contributed by atoms with van der Waals surface area (Å²) in [7, 11) is 1.60. The second kappa shape index (κ2) is 7.09. The van der Waals surface area contributed by atoms with E-state index in [4.69, 9.17) is 9.52 Å². The number of nitrogens with zero attached hydrogens (tertiary/aromatic N) is 1. The van der Waals surface area contributed by atoms with Crippen LogP contribution in [-0.4, -0.2) is 28.9 Å². The van der Waals surface area contributed by atoms with Crippen LogP contribution < -0.4 is 0 Å². The lowest BCUT2D eigenvalue weighted by atomic mass is 10.1. The van der Waals surface area contributed by atoms with Crippen molar-refractivity contribution in [3.05, 3.63) is 58.8 Å². The Bertz CT molecular complexity index is 723. The molecule has 5 nitrogen and oxygen atoms in total. The Labute approximate surface area is 133 Å². The number of carboxylic acids is 1. The van der Waals surface area contributed by atoms with E-state index < -0.39 is 5.97 Å². The third-order valence-corrected chi connectivity index (χ3v) is 3.58. The van der Waals surface area contributed by atoms with Gasteiger partial charge in [-0.1, -0.05) is 18.2 Å². The molecule has 1 heterocycles. The largest absolute Gasteiger partial charge is 0.478 e. The Kier molecular flexibility index (Phi) is 5.16. The molecule has 0 bridgehead atoms. The van der Waals surface area contributed by atoms with Crippen LogP contribution in [0.2, 0.25) is 0 Å². The molecule has 0 radical (unpaired) electrons. The minimum absolute atomic E-state index is 0.0900. The number of hydrogen-bond donors (Lipinski definition) is 1. The Balaban J connectivity index is 1.94. The SMILES string of the molecule is Cc1oc(CN(C)C(=O)CCc2ccccc2F)cc1C(=O)O. The van der Waals surface area contributed by atoms with Crippen LogP contribution in [-0.2, 0) is 17.8 Å². The number of furan rings is 1. The summed E-state index contributed by atoms with van der Waals surface area (Å²) in [5.41, 5.74) is 0.587. The first-order chi connectivity index (χ1) is 10.9. The average molecular weight is 319 g/mol. The first-order valence-corrected chi connectivity index (χ1v) is 7.18. The van der Waals surface area contributed by atoms with E-state index in [1.54, 1.807) is 32.2 Å². The van der Waals surface area contributed by atoms with Crippen LogP contribution in [0.5, 0.6) is 0 Å². The van der Waals surface area contributed by atoms with Gasteiger partial charge >= 0.3 is 5.97 Å². The number of benzene rings is 1. The average Bonchev–Trinajstić information content (AvgIpc) is 2.86. The summed E-state index contributed by atoms with van der Waals surface area (Å²) in [6, 6.07) is 7.76. The van der Waals surface area contributed by atoms with Gasteiger partial charge in [-0.15, -0.1) is 0 Å². The molecule has 0 fully saturated rings. The van der Waals surface area contributed by atoms with Gasteiger partial charge in [0.05, 0.1) is 6.54 Å². The number of amides is 1. The number of carbonyl (C=O) groups excluding carboxylic acids is 1. The third kappa shape index (κ3) is 4.18. The molecular weight excluding hydrogens is 301 g/mol. The molecule has 0 aliphatic carbocycles. The van der Waals surface area contributed by atoms with E-state index in [1.807, 2.05) is 0 Å². The summed E-state index contributed by atoms with van der Waals surface area (Å²) in [6.45, 7) is 1.73. The van der Waals surface area contributed by atoms with E-state index in [2.05, 4.69) is 0 Å². The van der Waals surface area contributed by atoms with Crippen LogP contribution in [0, 0.1) is 12.7 Å². The Morgan fingerprint density at radius 2 is 2.00 bits per heavy atom. The molecule has 2 aromatic rings. The third-order valence-electron chi connectivity index (χ3n) is 3.58. The predicted molar refractivity (Wildman–Crippen MR) is 81.6 cm³/mol. The zero-order chi connectivity index (χ0) is 17.0. The highest BCUT2D eigenvalue weighted by Gasteiger charge is 2.17. The van der Waals surface area contributed by atoms with Crippen molar-refractivity contribution in [2.75, 3.05) is 7.05 Å². The highest BCUT2D eigenvalue weighted by Crippen LogP contribution is 2.17. The molecule has 23 heavy (non-hydrogen) atoms. The topological polar surface area (TPSA) is 70.8 Å². The van der Waals surface area contributed by atoms with Crippen molar-refractivity contribution in [1.82, 2.24) is 4.90 Å². The molecule has 0 atom stereocenters. The van der Waals surface area contributed by atoms with Crippen molar-refractivity contribution < 1.29 is 23.5 Å². The van der Waals surface area contributed by atoms with Gasteiger partial charge in [-0.3, -0.25) is 4.79 Å². The molecule has 1 N–H and O–H groups in total. The van der Waals surface area contributed by atoms with Crippen molar-refractivity contribution >= 4 is 11.9 Å². The molecule has 0 aliphatic heterocycles. The zero-order valence-electron chi connectivity index (χ0n) is 13.0. The van der Waals surface area contributed by atoms with E-state index in [-0.39, 0.29) is 30.3 Å². The van der Waals surface area contributed by atoms with Crippen LogP contribution in [0.15, 0.2) is 34.7 Å². The zero-order valence-corrected chi connectivity index (χ0v) is 13.0. The summed E-state index contributed by atoms with van der Waals surface area (Å²) in [5.74, 6) is -0.845. The Hall–Kier alpha value is -2.63. The van der Waals surface area contributed by atoms with E-state index in [0.29, 0.717) is 23.5 Å². The lowest BCUT2D eigenvalue weighted by molar-refractivity contribution is -0.130. The van der Waals surface area contributed by atoms with Gasteiger partial charge in [0.1, 0.15) is 22.9 Å². The minimum atomic E-state index is -1.06. The Morgan fingerprint density at radius 1 is 1.30 bits per heavy atom. The fourth-order valence-electron chi connectivity index (χ4n) is 2.29. The number of aromatic carboxylic acids is 1. The fourth-order valence-corrected chi connectivity index (χ4v) is 2.29. The van der Waals surface area contributed by atoms with Crippen LogP contribution in [0.1, 0.15) is 33.9 Å². The van der Waals surface area contributed by atoms with Crippen molar-refractivity contribution in [1.29, 1.82) is 0 Å². The van der Waals surface area contributed by atoms with Crippen LogP contribution in [0.25, 0.3) is 0 Å². The lowest BCUT2D eigenvalue weighted by Crippen LogP contribution is -2.26. The summed E-state index contributed by atoms with van der Waals surface area (Å²) in [5, 5.41) is 8.98. The second-order valence-electron chi connectivity index (χ2n) is 5.33.